The topological polar surface area (TPSA) is 69.6 Å². The van der Waals surface area contributed by atoms with E-state index in [9.17, 15) is 4.79 Å². The SMILES string of the molecule is CCOC(=O)C(N)Cc1c(-c2ccccc2)nc2ccccn12. The van der Waals surface area contributed by atoms with E-state index < -0.39 is 12.0 Å². The maximum absolute atomic E-state index is 11.9. The molecule has 118 valence electrons. The Morgan fingerprint density at radius 2 is 1.96 bits per heavy atom. The largest absolute Gasteiger partial charge is 0.465 e. The Hall–Kier alpha value is -2.66. The van der Waals surface area contributed by atoms with Gasteiger partial charge in [0.1, 0.15) is 11.7 Å². The predicted molar refractivity (Wildman–Crippen MR) is 88.9 cm³/mol. The number of rotatable bonds is 5. The van der Waals surface area contributed by atoms with E-state index in [1.165, 1.54) is 0 Å². The van der Waals surface area contributed by atoms with E-state index in [4.69, 9.17) is 15.5 Å². The second-order valence-corrected chi connectivity index (χ2v) is 5.26. The van der Waals surface area contributed by atoms with Crippen molar-refractivity contribution in [2.24, 2.45) is 5.73 Å². The zero-order chi connectivity index (χ0) is 16.2. The van der Waals surface area contributed by atoms with Crippen molar-refractivity contribution >= 4 is 11.6 Å². The number of carbonyl (C=O) groups excluding carboxylic acids is 1. The third-order valence-electron chi connectivity index (χ3n) is 3.68. The first kappa shape index (κ1) is 15.2. The van der Waals surface area contributed by atoms with Crippen molar-refractivity contribution in [3.05, 3.63) is 60.4 Å². The molecule has 0 saturated heterocycles. The lowest BCUT2D eigenvalue weighted by atomic mass is 10.1. The van der Waals surface area contributed by atoms with Crippen molar-refractivity contribution in [1.82, 2.24) is 9.38 Å². The molecular weight excluding hydrogens is 290 g/mol. The Morgan fingerprint density at radius 3 is 2.70 bits per heavy atom. The fourth-order valence-corrected chi connectivity index (χ4v) is 2.61. The molecule has 0 bridgehead atoms. The Kier molecular flexibility index (Phi) is 4.39. The van der Waals surface area contributed by atoms with E-state index in [1.54, 1.807) is 6.92 Å². The molecule has 2 N–H and O–H groups in total. The van der Waals surface area contributed by atoms with Crippen LogP contribution < -0.4 is 5.73 Å². The molecular formula is C18H19N3O2. The lowest BCUT2D eigenvalue weighted by molar-refractivity contribution is -0.144. The van der Waals surface area contributed by atoms with E-state index in [1.807, 2.05) is 59.1 Å². The van der Waals surface area contributed by atoms with Crippen LogP contribution in [0.4, 0.5) is 0 Å². The van der Waals surface area contributed by atoms with Crippen LogP contribution in [0.5, 0.6) is 0 Å². The van der Waals surface area contributed by atoms with Crippen LogP contribution in [0.3, 0.4) is 0 Å². The molecule has 0 aliphatic carbocycles. The smallest absolute Gasteiger partial charge is 0.323 e. The molecule has 1 unspecified atom stereocenters. The summed E-state index contributed by atoms with van der Waals surface area (Å²) < 4.78 is 6.99. The van der Waals surface area contributed by atoms with Crippen LogP contribution in [0.1, 0.15) is 12.6 Å². The van der Waals surface area contributed by atoms with Crippen molar-refractivity contribution in [3.63, 3.8) is 0 Å². The van der Waals surface area contributed by atoms with Gasteiger partial charge in [-0.1, -0.05) is 36.4 Å². The molecule has 3 rings (SSSR count). The first-order chi connectivity index (χ1) is 11.2. The predicted octanol–water partition coefficient (Wildman–Crippen LogP) is 2.43. The molecule has 2 aromatic heterocycles. The van der Waals surface area contributed by atoms with E-state index in [0.29, 0.717) is 13.0 Å². The van der Waals surface area contributed by atoms with Crippen molar-refractivity contribution in [1.29, 1.82) is 0 Å². The number of pyridine rings is 1. The van der Waals surface area contributed by atoms with Crippen LogP contribution in [-0.2, 0) is 16.0 Å². The van der Waals surface area contributed by atoms with Crippen LogP contribution >= 0.6 is 0 Å². The maximum atomic E-state index is 11.9. The number of nitrogens with zero attached hydrogens (tertiary/aromatic N) is 2. The van der Waals surface area contributed by atoms with Crippen LogP contribution in [0.15, 0.2) is 54.7 Å². The highest BCUT2D eigenvalue weighted by atomic mass is 16.5. The van der Waals surface area contributed by atoms with E-state index in [-0.39, 0.29) is 0 Å². The molecule has 3 aromatic rings. The summed E-state index contributed by atoms with van der Waals surface area (Å²) in [5.74, 6) is -0.391. The van der Waals surface area contributed by atoms with Crippen molar-refractivity contribution in [2.45, 2.75) is 19.4 Å². The molecule has 5 heteroatoms. The first-order valence-corrected chi connectivity index (χ1v) is 7.64. The number of esters is 1. The van der Waals surface area contributed by atoms with Gasteiger partial charge in [-0.05, 0) is 19.1 Å². The summed E-state index contributed by atoms with van der Waals surface area (Å²) >= 11 is 0. The first-order valence-electron chi connectivity index (χ1n) is 7.64. The quantitative estimate of drug-likeness (QED) is 0.735. The van der Waals surface area contributed by atoms with Gasteiger partial charge in [0, 0.05) is 18.2 Å². The van der Waals surface area contributed by atoms with Gasteiger partial charge in [-0.2, -0.15) is 0 Å². The van der Waals surface area contributed by atoms with Gasteiger partial charge in [0.05, 0.1) is 18.0 Å². The molecule has 1 aromatic carbocycles. The highest BCUT2D eigenvalue weighted by Crippen LogP contribution is 2.25. The van der Waals surface area contributed by atoms with Crippen LogP contribution in [0.2, 0.25) is 0 Å². The third kappa shape index (κ3) is 3.10. The highest BCUT2D eigenvalue weighted by Gasteiger charge is 2.21. The van der Waals surface area contributed by atoms with Crippen molar-refractivity contribution in [3.8, 4) is 11.3 Å². The number of ether oxygens (including phenoxy) is 1. The number of carbonyl (C=O) groups is 1. The molecule has 0 fully saturated rings. The van der Waals surface area contributed by atoms with Gasteiger partial charge >= 0.3 is 5.97 Å². The second kappa shape index (κ2) is 6.62. The second-order valence-electron chi connectivity index (χ2n) is 5.26. The highest BCUT2D eigenvalue weighted by molar-refractivity contribution is 5.77. The summed E-state index contributed by atoms with van der Waals surface area (Å²) in [5, 5.41) is 0. The lowest BCUT2D eigenvalue weighted by Crippen LogP contribution is -2.34. The summed E-state index contributed by atoms with van der Waals surface area (Å²) in [5.41, 5.74) is 9.60. The molecule has 2 heterocycles. The van der Waals surface area contributed by atoms with Gasteiger partial charge < -0.3 is 14.9 Å². The van der Waals surface area contributed by atoms with Gasteiger partial charge in [-0.15, -0.1) is 0 Å². The fraction of sp³-hybridized carbons (Fsp3) is 0.222. The molecule has 0 saturated carbocycles. The Balaban J connectivity index is 2.05. The molecule has 1 atom stereocenters. The summed E-state index contributed by atoms with van der Waals surface area (Å²) in [6.45, 7) is 2.10. The molecule has 0 radical (unpaired) electrons. The van der Waals surface area contributed by atoms with Gasteiger partial charge in [0.15, 0.2) is 0 Å². The number of aromatic nitrogens is 2. The summed E-state index contributed by atoms with van der Waals surface area (Å²) in [6, 6.07) is 15.0. The summed E-state index contributed by atoms with van der Waals surface area (Å²) in [6.07, 6.45) is 2.30. The minimum absolute atomic E-state index is 0.325. The molecule has 0 amide bonds. The molecule has 0 aliphatic heterocycles. The zero-order valence-electron chi connectivity index (χ0n) is 13.0. The molecule has 5 nitrogen and oxygen atoms in total. The van der Waals surface area contributed by atoms with Crippen molar-refractivity contribution < 1.29 is 9.53 Å². The number of fused-ring (bicyclic) bond motifs is 1. The van der Waals surface area contributed by atoms with E-state index >= 15 is 0 Å². The Morgan fingerprint density at radius 1 is 1.22 bits per heavy atom. The number of hydrogen-bond donors (Lipinski definition) is 1. The van der Waals surface area contributed by atoms with Gasteiger partial charge in [-0.25, -0.2) is 4.98 Å². The third-order valence-corrected chi connectivity index (χ3v) is 3.68. The normalized spacial score (nSPS) is 12.3. The monoisotopic (exact) mass is 309 g/mol. The minimum Gasteiger partial charge on any atom is -0.465 e. The van der Waals surface area contributed by atoms with Crippen LogP contribution in [0.25, 0.3) is 16.9 Å². The standard InChI is InChI=1S/C18H19N3O2/c1-2-23-18(22)14(19)12-15-17(13-8-4-3-5-9-13)20-16-10-6-7-11-21(15)16/h3-11,14H,2,12,19H2,1H3. The molecule has 23 heavy (non-hydrogen) atoms. The fourth-order valence-electron chi connectivity index (χ4n) is 2.61. The van der Waals surface area contributed by atoms with Gasteiger partial charge in [0.2, 0.25) is 0 Å². The number of hydrogen-bond acceptors (Lipinski definition) is 4. The molecule has 0 aliphatic rings. The summed E-state index contributed by atoms with van der Waals surface area (Å²) in [7, 11) is 0. The van der Waals surface area contributed by atoms with Crippen LogP contribution in [0, 0.1) is 0 Å². The lowest BCUT2D eigenvalue weighted by Gasteiger charge is -2.12. The minimum atomic E-state index is -0.711. The number of benzene rings is 1. The molecule has 0 spiro atoms. The Labute approximate surface area is 134 Å². The average Bonchev–Trinajstić information content (AvgIpc) is 2.94. The van der Waals surface area contributed by atoms with E-state index in [2.05, 4.69) is 0 Å². The Bertz CT molecular complexity index is 812. The summed E-state index contributed by atoms with van der Waals surface area (Å²) in [4.78, 5) is 16.6. The average molecular weight is 309 g/mol. The maximum Gasteiger partial charge on any atom is 0.323 e. The van der Waals surface area contributed by atoms with Gasteiger partial charge in [-0.3, -0.25) is 4.79 Å². The number of nitrogens with two attached hydrogens (primary N) is 1. The van der Waals surface area contributed by atoms with Gasteiger partial charge in [0.25, 0.3) is 0 Å². The number of imidazole rings is 1. The van der Waals surface area contributed by atoms with Crippen LogP contribution in [-0.4, -0.2) is 28.0 Å². The van der Waals surface area contributed by atoms with E-state index in [0.717, 1.165) is 22.6 Å². The van der Waals surface area contributed by atoms with Crippen molar-refractivity contribution in [2.75, 3.05) is 6.61 Å². The zero-order valence-corrected chi connectivity index (χ0v) is 13.0.